The van der Waals surface area contributed by atoms with Crippen LogP contribution in [0.15, 0.2) is 24.3 Å². The van der Waals surface area contributed by atoms with E-state index in [1.807, 2.05) is 24.3 Å². The molecule has 3 heterocycles. The Balaban J connectivity index is 1.56. The van der Waals surface area contributed by atoms with Crippen LogP contribution in [0.3, 0.4) is 0 Å². The Morgan fingerprint density at radius 1 is 1.39 bits per heavy atom. The first-order valence-electron chi connectivity index (χ1n) is 7.76. The van der Waals surface area contributed by atoms with Crippen molar-refractivity contribution in [2.45, 2.75) is 25.4 Å². The van der Waals surface area contributed by atoms with E-state index >= 15 is 0 Å². The van der Waals surface area contributed by atoms with E-state index in [1.54, 1.807) is 11.3 Å². The summed E-state index contributed by atoms with van der Waals surface area (Å²) in [5, 5.41) is 7.14. The number of halogens is 1. The molecule has 120 valence electrons. The fourth-order valence-corrected chi connectivity index (χ4v) is 4.37. The van der Waals surface area contributed by atoms with Crippen molar-refractivity contribution in [2.75, 3.05) is 13.2 Å². The third-order valence-corrected chi connectivity index (χ3v) is 5.75. The molecule has 23 heavy (non-hydrogen) atoms. The van der Waals surface area contributed by atoms with Gasteiger partial charge in [0, 0.05) is 35.0 Å². The van der Waals surface area contributed by atoms with Crippen molar-refractivity contribution in [1.82, 2.24) is 10.6 Å². The van der Waals surface area contributed by atoms with E-state index in [4.69, 9.17) is 16.3 Å². The summed E-state index contributed by atoms with van der Waals surface area (Å²) in [4.78, 5) is 14.7. The first-order valence-corrected chi connectivity index (χ1v) is 8.95. The smallest absolute Gasteiger partial charge is 0.261 e. The second-order valence-electron chi connectivity index (χ2n) is 5.83. The van der Waals surface area contributed by atoms with Crippen LogP contribution in [0.25, 0.3) is 0 Å². The molecule has 1 aromatic carbocycles. The van der Waals surface area contributed by atoms with Gasteiger partial charge in [-0.05, 0) is 36.2 Å². The van der Waals surface area contributed by atoms with E-state index in [0.717, 1.165) is 42.1 Å². The molecule has 6 heteroatoms. The minimum Gasteiger partial charge on any atom is -0.493 e. The number of amides is 1. The maximum Gasteiger partial charge on any atom is 0.261 e. The molecule has 4 rings (SSSR count). The molecule has 0 saturated heterocycles. The van der Waals surface area contributed by atoms with Gasteiger partial charge in [-0.2, -0.15) is 0 Å². The van der Waals surface area contributed by atoms with E-state index in [9.17, 15) is 4.79 Å². The molecule has 0 fully saturated rings. The summed E-state index contributed by atoms with van der Waals surface area (Å²) >= 11 is 7.70. The highest BCUT2D eigenvalue weighted by Gasteiger charge is 2.25. The largest absolute Gasteiger partial charge is 0.493 e. The van der Waals surface area contributed by atoms with Gasteiger partial charge in [-0.1, -0.05) is 11.6 Å². The molecule has 0 radical (unpaired) electrons. The van der Waals surface area contributed by atoms with Crippen molar-refractivity contribution in [3.8, 4) is 5.75 Å². The predicted molar refractivity (Wildman–Crippen MR) is 91.5 cm³/mol. The summed E-state index contributed by atoms with van der Waals surface area (Å²) in [5.41, 5.74) is 2.21. The van der Waals surface area contributed by atoms with Gasteiger partial charge >= 0.3 is 0 Å². The van der Waals surface area contributed by atoms with E-state index in [2.05, 4.69) is 10.6 Å². The van der Waals surface area contributed by atoms with Gasteiger partial charge in [-0.3, -0.25) is 4.79 Å². The summed E-state index contributed by atoms with van der Waals surface area (Å²) in [5.74, 6) is 0.794. The Morgan fingerprint density at radius 2 is 2.30 bits per heavy atom. The summed E-state index contributed by atoms with van der Waals surface area (Å²) < 4.78 is 5.65. The Kier molecular flexibility index (Phi) is 4.01. The van der Waals surface area contributed by atoms with Crippen LogP contribution in [0, 0.1) is 0 Å². The zero-order valence-corrected chi connectivity index (χ0v) is 14.1. The van der Waals surface area contributed by atoms with Crippen molar-refractivity contribution in [2.24, 2.45) is 0 Å². The molecular formula is C17H17ClN2O2S. The molecule has 2 aliphatic rings. The number of benzene rings is 1. The van der Waals surface area contributed by atoms with Crippen LogP contribution < -0.4 is 15.4 Å². The summed E-state index contributed by atoms with van der Waals surface area (Å²) in [6.07, 6.45) is 1.76. The molecule has 2 N–H and O–H groups in total. The van der Waals surface area contributed by atoms with Crippen LogP contribution in [0.1, 0.15) is 38.1 Å². The first kappa shape index (κ1) is 15.0. The Morgan fingerprint density at radius 3 is 3.17 bits per heavy atom. The van der Waals surface area contributed by atoms with Crippen LogP contribution in [0.5, 0.6) is 5.75 Å². The van der Waals surface area contributed by atoms with Crippen LogP contribution in [-0.4, -0.2) is 19.1 Å². The van der Waals surface area contributed by atoms with Crippen molar-refractivity contribution in [3.63, 3.8) is 0 Å². The zero-order chi connectivity index (χ0) is 15.8. The average molecular weight is 349 g/mol. The number of hydrogen-bond acceptors (Lipinski definition) is 4. The quantitative estimate of drug-likeness (QED) is 0.875. The van der Waals surface area contributed by atoms with Crippen LogP contribution in [-0.2, 0) is 13.0 Å². The van der Waals surface area contributed by atoms with E-state index in [0.29, 0.717) is 11.6 Å². The second kappa shape index (κ2) is 6.15. The fraction of sp³-hybridized carbons (Fsp3) is 0.353. The van der Waals surface area contributed by atoms with Gasteiger partial charge in [0.2, 0.25) is 0 Å². The lowest BCUT2D eigenvalue weighted by atomic mass is 10.0. The monoisotopic (exact) mass is 348 g/mol. The molecule has 1 atom stereocenters. The second-order valence-corrected chi connectivity index (χ2v) is 7.40. The van der Waals surface area contributed by atoms with Crippen molar-refractivity contribution in [1.29, 1.82) is 0 Å². The molecule has 1 aromatic heterocycles. The van der Waals surface area contributed by atoms with Gasteiger partial charge in [-0.25, -0.2) is 0 Å². The average Bonchev–Trinajstić information content (AvgIpc) is 2.99. The normalized spacial score (nSPS) is 19.4. The third-order valence-electron chi connectivity index (χ3n) is 4.28. The molecule has 0 saturated carbocycles. The van der Waals surface area contributed by atoms with Crippen molar-refractivity contribution >= 4 is 28.8 Å². The number of nitrogens with one attached hydrogen (secondary N) is 2. The molecule has 4 nitrogen and oxygen atoms in total. The minimum absolute atomic E-state index is 0.0118. The Hall–Kier alpha value is -1.56. The number of carbonyl (C=O) groups excluding carboxylic acids is 1. The van der Waals surface area contributed by atoms with Gasteiger partial charge in [0.1, 0.15) is 5.75 Å². The predicted octanol–water partition coefficient (Wildman–Crippen LogP) is 3.30. The number of thiophene rings is 1. The van der Waals surface area contributed by atoms with E-state index < -0.39 is 0 Å². The van der Waals surface area contributed by atoms with Gasteiger partial charge < -0.3 is 15.4 Å². The van der Waals surface area contributed by atoms with Crippen molar-refractivity contribution in [3.05, 3.63) is 50.2 Å². The number of hydrogen-bond donors (Lipinski definition) is 2. The highest BCUT2D eigenvalue weighted by atomic mass is 35.5. The standard InChI is InChI=1S/C17H17ClN2O2S/c18-11-1-2-14-12(8-11)13(4-6-22-14)20-17(21)16-7-10-9-19-5-3-15(10)23-16/h1-2,7-8,13,19H,3-6,9H2,(H,20,21). The van der Waals surface area contributed by atoms with Gasteiger partial charge in [0.15, 0.2) is 0 Å². The summed E-state index contributed by atoms with van der Waals surface area (Å²) in [6.45, 7) is 2.44. The van der Waals surface area contributed by atoms with Gasteiger partial charge in [-0.15, -0.1) is 11.3 Å². The zero-order valence-electron chi connectivity index (χ0n) is 12.5. The molecule has 0 spiro atoms. The molecule has 2 aliphatic heterocycles. The molecule has 0 bridgehead atoms. The number of fused-ring (bicyclic) bond motifs is 2. The lowest BCUT2D eigenvalue weighted by Crippen LogP contribution is -2.31. The Labute approximate surface area is 143 Å². The lowest BCUT2D eigenvalue weighted by molar-refractivity contribution is 0.0929. The minimum atomic E-state index is -0.0535. The van der Waals surface area contributed by atoms with Crippen LogP contribution >= 0.6 is 22.9 Å². The highest BCUT2D eigenvalue weighted by molar-refractivity contribution is 7.14. The molecule has 0 aliphatic carbocycles. The SMILES string of the molecule is O=C(NC1CCOc2ccc(Cl)cc21)c1cc2c(s1)CCNC2. The van der Waals surface area contributed by atoms with Crippen LogP contribution in [0.4, 0.5) is 0 Å². The van der Waals surface area contributed by atoms with Gasteiger partial charge in [0.25, 0.3) is 5.91 Å². The van der Waals surface area contributed by atoms with Crippen LogP contribution in [0.2, 0.25) is 5.02 Å². The number of rotatable bonds is 2. The first-order chi connectivity index (χ1) is 11.2. The Bertz CT molecular complexity index is 736. The van der Waals surface area contributed by atoms with E-state index in [1.165, 1.54) is 10.4 Å². The highest BCUT2D eigenvalue weighted by Crippen LogP contribution is 2.34. The molecule has 1 amide bonds. The molecule has 2 aromatic rings. The summed E-state index contributed by atoms with van der Waals surface area (Å²) in [7, 11) is 0. The topological polar surface area (TPSA) is 50.4 Å². The number of carbonyl (C=O) groups is 1. The van der Waals surface area contributed by atoms with Gasteiger partial charge in [0.05, 0.1) is 17.5 Å². The van der Waals surface area contributed by atoms with E-state index in [-0.39, 0.29) is 11.9 Å². The fourth-order valence-electron chi connectivity index (χ4n) is 3.11. The summed E-state index contributed by atoms with van der Waals surface area (Å²) in [6, 6.07) is 7.52. The molecular weight excluding hydrogens is 332 g/mol. The number of ether oxygens (including phenoxy) is 1. The lowest BCUT2D eigenvalue weighted by Gasteiger charge is -2.26. The maximum absolute atomic E-state index is 12.6. The van der Waals surface area contributed by atoms with Crippen molar-refractivity contribution < 1.29 is 9.53 Å². The maximum atomic E-state index is 12.6. The third kappa shape index (κ3) is 2.96. The molecule has 1 unspecified atom stereocenters.